The van der Waals surface area contributed by atoms with E-state index in [0.29, 0.717) is 6.04 Å². The summed E-state index contributed by atoms with van der Waals surface area (Å²) in [4.78, 5) is 41.9. The van der Waals surface area contributed by atoms with Gasteiger partial charge in [0, 0.05) is 68.3 Å². The molecule has 2 aromatic rings. The van der Waals surface area contributed by atoms with Crippen molar-refractivity contribution in [2.24, 2.45) is 0 Å². The van der Waals surface area contributed by atoms with Crippen LogP contribution in [-0.4, -0.2) is 116 Å². The van der Waals surface area contributed by atoms with E-state index in [1.54, 1.807) is 0 Å². The van der Waals surface area contributed by atoms with Crippen LogP contribution in [-0.2, 0) is 34.0 Å². The van der Waals surface area contributed by atoms with Crippen LogP contribution in [0.5, 0.6) is 0 Å². The zero-order valence-corrected chi connectivity index (χ0v) is 25.4. The van der Waals surface area contributed by atoms with Crippen LogP contribution in [0, 0.1) is 6.92 Å². The molecule has 0 aromatic carbocycles. The first-order valence-corrected chi connectivity index (χ1v) is 13.9. The number of hydrogen-bond donors (Lipinski definition) is 3. The smallest absolute Gasteiger partial charge is 0.475 e. The quantitative estimate of drug-likeness (QED) is 0.392. The van der Waals surface area contributed by atoms with Crippen LogP contribution in [0.3, 0.4) is 0 Å². The van der Waals surface area contributed by atoms with Crippen molar-refractivity contribution in [2.45, 2.75) is 58.1 Å². The second-order valence-electron chi connectivity index (χ2n) is 9.91. The summed E-state index contributed by atoms with van der Waals surface area (Å²) in [5, 5.41) is 21.4. The largest absolute Gasteiger partial charge is 0.490 e. The molecule has 0 amide bonds. The Kier molecular flexibility index (Phi) is 14.9. The molecule has 1 fully saturated rings. The standard InChI is InChI=1S/C19H29N5S.3C2HF3O2/c1-15-4-5-18(25-15)14-23-10-11-24-17(12-20-19(24)16(23)2)13-22-8-6-21(3)7-9-22;3*3-2(4,5)1(6)7/h4-5,12,16H,6-11,13-14H2,1-3H3;3*(H,6,7). The van der Waals surface area contributed by atoms with Crippen LogP contribution < -0.4 is 0 Å². The van der Waals surface area contributed by atoms with Crippen molar-refractivity contribution in [2.75, 3.05) is 39.8 Å². The third kappa shape index (κ3) is 13.9. The normalized spacial score (nSPS) is 17.7. The van der Waals surface area contributed by atoms with Gasteiger partial charge in [0.15, 0.2) is 0 Å². The molecule has 262 valence electrons. The van der Waals surface area contributed by atoms with Gasteiger partial charge in [-0.3, -0.25) is 9.80 Å². The number of hydrogen-bond acceptors (Lipinski definition) is 8. The van der Waals surface area contributed by atoms with Crippen molar-refractivity contribution >= 4 is 29.2 Å². The molecule has 1 unspecified atom stereocenters. The number of thiophene rings is 1. The van der Waals surface area contributed by atoms with Gasteiger partial charge in [0.1, 0.15) is 5.82 Å². The maximum absolute atomic E-state index is 10.6. The number of carbonyl (C=O) groups is 3. The fourth-order valence-electron chi connectivity index (χ4n) is 3.95. The number of likely N-dealkylation sites (N-methyl/N-ethyl adjacent to an activating group) is 1. The summed E-state index contributed by atoms with van der Waals surface area (Å²) >= 11 is 1.91. The average Bonchev–Trinajstić information content (AvgIpc) is 3.52. The summed E-state index contributed by atoms with van der Waals surface area (Å²) in [5.41, 5.74) is 1.39. The van der Waals surface area contributed by atoms with Gasteiger partial charge in [-0.15, -0.1) is 11.3 Å². The third-order valence-corrected chi connectivity index (χ3v) is 7.35. The molecule has 3 N–H and O–H groups in total. The number of aliphatic carboxylic acids is 3. The van der Waals surface area contributed by atoms with Gasteiger partial charge in [-0.05, 0) is 33.0 Å². The summed E-state index contributed by atoms with van der Waals surface area (Å²) in [6.07, 6.45) is -13.1. The first-order valence-electron chi connectivity index (χ1n) is 13.1. The van der Waals surface area contributed by atoms with Gasteiger partial charge in [0.2, 0.25) is 0 Å². The zero-order chi connectivity index (χ0) is 35.6. The maximum atomic E-state index is 10.6. The predicted molar refractivity (Wildman–Crippen MR) is 144 cm³/mol. The van der Waals surface area contributed by atoms with E-state index in [2.05, 4.69) is 58.5 Å². The predicted octanol–water partition coefficient (Wildman–Crippen LogP) is 4.48. The van der Waals surface area contributed by atoms with Crippen LogP contribution in [0.1, 0.15) is 34.2 Å². The number of aromatic nitrogens is 2. The van der Waals surface area contributed by atoms with Crippen molar-refractivity contribution in [3.63, 3.8) is 0 Å². The van der Waals surface area contributed by atoms with Gasteiger partial charge >= 0.3 is 36.4 Å². The summed E-state index contributed by atoms with van der Waals surface area (Å²) in [6, 6.07) is 4.88. The van der Waals surface area contributed by atoms with E-state index < -0.39 is 36.4 Å². The highest BCUT2D eigenvalue weighted by molar-refractivity contribution is 7.11. The molecule has 2 aliphatic rings. The number of carboxylic acid groups (broad SMARTS) is 3. The number of alkyl halides is 9. The molecule has 4 heterocycles. The maximum Gasteiger partial charge on any atom is 0.490 e. The number of carboxylic acids is 3. The molecule has 4 rings (SSSR count). The second kappa shape index (κ2) is 16.9. The molecule has 0 radical (unpaired) electrons. The molecule has 1 saturated heterocycles. The molecular formula is C25H32F9N5O6S. The Balaban J connectivity index is 0.000000413. The van der Waals surface area contributed by atoms with E-state index in [1.165, 1.54) is 34.4 Å². The fraction of sp³-hybridized carbons (Fsp3) is 0.600. The van der Waals surface area contributed by atoms with Crippen molar-refractivity contribution in [1.82, 2.24) is 24.3 Å². The molecule has 11 nitrogen and oxygen atoms in total. The van der Waals surface area contributed by atoms with E-state index in [9.17, 15) is 39.5 Å². The Morgan fingerprint density at radius 3 is 1.65 bits per heavy atom. The van der Waals surface area contributed by atoms with E-state index >= 15 is 0 Å². The lowest BCUT2D eigenvalue weighted by molar-refractivity contribution is -0.193. The lowest BCUT2D eigenvalue weighted by Crippen LogP contribution is -2.44. The fourth-order valence-corrected chi connectivity index (χ4v) is 4.87. The Bertz CT molecular complexity index is 1230. The van der Waals surface area contributed by atoms with Gasteiger partial charge in [0.05, 0.1) is 11.7 Å². The molecule has 46 heavy (non-hydrogen) atoms. The topological polar surface area (TPSA) is 139 Å². The first-order chi connectivity index (χ1) is 20.9. The Hall–Kier alpha value is -3.43. The van der Waals surface area contributed by atoms with E-state index in [-0.39, 0.29) is 0 Å². The monoisotopic (exact) mass is 701 g/mol. The van der Waals surface area contributed by atoms with Crippen LogP contribution >= 0.6 is 11.3 Å². The second-order valence-corrected chi connectivity index (χ2v) is 11.3. The number of rotatable bonds is 4. The zero-order valence-electron chi connectivity index (χ0n) is 24.6. The molecule has 0 saturated carbocycles. The molecule has 2 aromatic heterocycles. The summed E-state index contributed by atoms with van der Waals surface area (Å²) in [6.45, 7) is 13.4. The van der Waals surface area contributed by atoms with Gasteiger partial charge in [-0.25, -0.2) is 19.4 Å². The number of piperazine rings is 1. The Morgan fingerprint density at radius 1 is 0.804 bits per heavy atom. The van der Waals surface area contributed by atoms with Crippen molar-refractivity contribution in [1.29, 1.82) is 0 Å². The van der Waals surface area contributed by atoms with Crippen molar-refractivity contribution in [3.05, 3.63) is 39.6 Å². The molecule has 1 atom stereocenters. The number of halogens is 9. The highest BCUT2D eigenvalue weighted by atomic mass is 32.1. The van der Waals surface area contributed by atoms with Crippen molar-refractivity contribution < 1.29 is 69.2 Å². The molecule has 0 spiro atoms. The van der Waals surface area contributed by atoms with E-state index in [0.717, 1.165) is 39.3 Å². The minimum atomic E-state index is -5.08. The van der Waals surface area contributed by atoms with Crippen LogP contribution in [0.2, 0.25) is 0 Å². The number of nitrogens with zero attached hydrogens (tertiary/aromatic N) is 5. The van der Waals surface area contributed by atoms with Gasteiger partial charge in [-0.1, -0.05) is 0 Å². The minimum Gasteiger partial charge on any atom is -0.475 e. The van der Waals surface area contributed by atoms with Crippen LogP contribution in [0.4, 0.5) is 39.5 Å². The average molecular weight is 702 g/mol. The third-order valence-electron chi connectivity index (χ3n) is 6.37. The van der Waals surface area contributed by atoms with Crippen LogP contribution in [0.15, 0.2) is 18.3 Å². The van der Waals surface area contributed by atoms with Gasteiger partial charge in [0.25, 0.3) is 0 Å². The molecular weight excluding hydrogens is 669 g/mol. The SMILES string of the molecule is Cc1ccc(CN2CCn3c(CN4CCN(C)CC4)cnc3C2C)s1.O=C(O)C(F)(F)F.O=C(O)C(F)(F)F.O=C(O)C(F)(F)F. The lowest BCUT2D eigenvalue weighted by atomic mass is 10.2. The Morgan fingerprint density at radius 2 is 1.26 bits per heavy atom. The molecule has 2 aliphatic heterocycles. The minimum absolute atomic E-state index is 0.386. The van der Waals surface area contributed by atoms with E-state index in [1.807, 2.05) is 11.3 Å². The summed E-state index contributed by atoms with van der Waals surface area (Å²) < 4.78 is 97.7. The lowest BCUT2D eigenvalue weighted by Gasteiger charge is -2.35. The van der Waals surface area contributed by atoms with Gasteiger partial charge < -0.3 is 24.8 Å². The number of imidazole rings is 1. The Labute approximate surface area is 260 Å². The summed E-state index contributed by atoms with van der Waals surface area (Å²) in [5.74, 6) is -7.03. The highest BCUT2D eigenvalue weighted by Crippen LogP contribution is 2.29. The molecule has 21 heteroatoms. The first kappa shape index (κ1) is 40.6. The summed E-state index contributed by atoms with van der Waals surface area (Å²) in [7, 11) is 2.21. The highest BCUT2D eigenvalue weighted by Gasteiger charge is 2.39. The number of fused-ring (bicyclic) bond motifs is 1. The molecule has 0 aliphatic carbocycles. The van der Waals surface area contributed by atoms with Crippen LogP contribution in [0.25, 0.3) is 0 Å². The van der Waals surface area contributed by atoms with Crippen molar-refractivity contribution in [3.8, 4) is 0 Å². The van der Waals surface area contributed by atoms with E-state index in [4.69, 9.17) is 34.7 Å². The number of aryl methyl sites for hydroxylation is 1. The van der Waals surface area contributed by atoms with Gasteiger partial charge in [-0.2, -0.15) is 39.5 Å². The molecule has 0 bridgehead atoms.